The summed E-state index contributed by atoms with van der Waals surface area (Å²) in [5, 5.41) is 0. The number of aromatic nitrogens is 1. The highest BCUT2D eigenvalue weighted by Crippen LogP contribution is 2.29. The van der Waals surface area contributed by atoms with Crippen molar-refractivity contribution in [3.8, 4) is 5.75 Å². The summed E-state index contributed by atoms with van der Waals surface area (Å²) < 4.78 is 5.22. The van der Waals surface area contributed by atoms with Gasteiger partial charge in [0.1, 0.15) is 5.75 Å². The van der Waals surface area contributed by atoms with E-state index in [1.807, 2.05) is 72.9 Å². The second-order valence-electron chi connectivity index (χ2n) is 5.44. The zero-order valence-electron chi connectivity index (χ0n) is 13.0. The summed E-state index contributed by atoms with van der Waals surface area (Å²) >= 11 is 0. The van der Waals surface area contributed by atoms with Gasteiger partial charge in [0.2, 0.25) is 0 Å². The van der Waals surface area contributed by atoms with Gasteiger partial charge in [0.15, 0.2) is 5.78 Å². The molecule has 0 radical (unpaired) electrons. The lowest BCUT2D eigenvalue weighted by Gasteiger charge is -2.16. The number of methoxy groups -OCH3 is 1. The molecule has 1 heterocycles. The van der Waals surface area contributed by atoms with Crippen molar-refractivity contribution in [1.82, 2.24) is 4.98 Å². The second-order valence-corrected chi connectivity index (χ2v) is 5.44. The molecule has 0 saturated carbocycles. The minimum atomic E-state index is 0.00334. The molecular weight excluding hydrogens is 286 g/mol. The van der Waals surface area contributed by atoms with E-state index in [9.17, 15) is 4.79 Å². The average molecular weight is 305 g/mol. The lowest BCUT2D eigenvalue weighted by atomic mass is 9.89. The Labute approximate surface area is 135 Å². The number of hydrogen-bond donors (Lipinski definition) is 1. The smallest absolute Gasteiger partial charge is 0.163 e. The van der Waals surface area contributed by atoms with E-state index in [1.54, 1.807) is 7.11 Å². The number of carbonyl (C=O) groups is 1. The fourth-order valence-corrected chi connectivity index (χ4v) is 2.73. The molecule has 3 aromatic rings. The largest absolute Gasteiger partial charge is 0.497 e. The number of benzene rings is 2. The zero-order chi connectivity index (χ0) is 16.1. The first-order chi connectivity index (χ1) is 11.3. The van der Waals surface area contributed by atoms with Crippen molar-refractivity contribution in [3.05, 3.63) is 89.7 Å². The number of carbonyl (C=O) groups excluding carboxylic acids is 1. The van der Waals surface area contributed by atoms with Gasteiger partial charge in [-0.2, -0.15) is 0 Å². The van der Waals surface area contributed by atoms with Crippen LogP contribution >= 0.6 is 0 Å². The third kappa shape index (κ3) is 3.51. The summed E-state index contributed by atoms with van der Waals surface area (Å²) in [6, 6.07) is 21.3. The Kier molecular flexibility index (Phi) is 4.57. The van der Waals surface area contributed by atoms with Gasteiger partial charge in [-0.25, -0.2) is 0 Å². The predicted molar refractivity (Wildman–Crippen MR) is 91.0 cm³/mol. The van der Waals surface area contributed by atoms with Gasteiger partial charge in [-0.05, 0) is 29.8 Å². The molecule has 116 valence electrons. The van der Waals surface area contributed by atoms with E-state index in [1.165, 1.54) is 0 Å². The van der Waals surface area contributed by atoms with E-state index in [0.717, 1.165) is 22.6 Å². The first-order valence-electron chi connectivity index (χ1n) is 7.63. The van der Waals surface area contributed by atoms with Gasteiger partial charge in [-0.1, -0.05) is 42.5 Å². The summed E-state index contributed by atoms with van der Waals surface area (Å²) in [7, 11) is 1.65. The molecule has 1 unspecified atom stereocenters. The van der Waals surface area contributed by atoms with Crippen LogP contribution in [0, 0.1) is 0 Å². The number of nitrogens with one attached hydrogen (secondary N) is 1. The zero-order valence-corrected chi connectivity index (χ0v) is 13.0. The molecule has 0 fully saturated rings. The Morgan fingerprint density at radius 3 is 2.35 bits per heavy atom. The quantitative estimate of drug-likeness (QED) is 0.685. The number of ketones is 1. The standard InChI is InChI=1S/C20H19NO2/c1-23-17-11-9-15(10-12-17)18(19-8-5-13-21-19)14-20(22)16-6-3-2-4-7-16/h2-13,18,21H,14H2,1H3. The van der Waals surface area contributed by atoms with Crippen LogP contribution in [0.5, 0.6) is 5.75 Å². The van der Waals surface area contributed by atoms with Crippen molar-refractivity contribution in [1.29, 1.82) is 0 Å². The summed E-state index contributed by atoms with van der Waals surface area (Å²) in [6.45, 7) is 0. The molecule has 1 atom stereocenters. The molecule has 2 aromatic carbocycles. The van der Waals surface area contributed by atoms with Crippen LogP contribution in [0.2, 0.25) is 0 Å². The molecule has 1 aromatic heterocycles. The fourth-order valence-electron chi connectivity index (χ4n) is 2.73. The number of hydrogen-bond acceptors (Lipinski definition) is 2. The first-order valence-corrected chi connectivity index (χ1v) is 7.63. The van der Waals surface area contributed by atoms with Crippen molar-refractivity contribution in [2.45, 2.75) is 12.3 Å². The monoisotopic (exact) mass is 305 g/mol. The van der Waals surface area contributed by atoms with Crippen molar-refractivity contribution < 1.29 is 9.53 Å². The average Bonchev–Trinajstić information content (AvgIpc) is 3.15. The first kappa shape index (κ1) is 15.1. The second kappa shape index (κ2) is 6.97. The molecule has 0 bridgehead atoms. The third-order valence-corrected chi connectivity index (χ3v) is 4.00. The van der Waals surface area contributed by atoms with Gasteiger partial charge in [-0.3, -0.25) is 4.79 Å². The molecule has 1 N–H and O–H groups in total. The number of ether oxygens (including phenoxy) is 1. The molecule has 23 heavy (non-hydrogen) atoms. The highest BCUT2D eigenvalue weighted by Gasteiger charge is 2.20. The highest BCUT2D eigenvalue weighted by atomic mass is 16.5. The van der Waals surface area contributed by atoms with E-state index < -0.39 is 0 Å². The molecule has 0 spiro atoms. The normalized spacial score (nSPS) is 11.9. The number of H-pyrrole nitrogens is 1. The lowest BCUT2D eigenvalue weighted by molar-refractivity contribution is 0.0977. The molecular formula is C20H19NO2. The van der Waals surface area contributed by atoms with Crippen LogP contribution in [-0.2, 0) is 0 Å². The highest BCUT2D eigenvalue weighted by molar-refractivity contribution is 5.96. The predicted octanol–water partition coefficient (Wildman–Crippen LogP) is 4.43. The molecule has 0 saturated heterocycles. The molecule has 3 heteroatoms. The van der Waals surface area contributed by atoms with E-state index >= 15 is 0 Å². The van der Waals surface area contributed by atoms with Crippen LogP contribution in [0.4, 0.5) is 0 Å². The number of aromatic amines is 1. The summed E-state index contributed by atoms with van der Waals surface area (Å²) in [5.74, 6) is 0.956. The third-order valence-electron chi connectivity index (χ3n) is 4.00. The maximum Gasteiger partial charge on any atom is 0.163 e. The maximum atomic E-state index is 12.6. The maximum absolute atomic E-state index is 12.6. The minimum absolute atomic E-state index is 0.00334. The number of Topliss-reactive ketones (excluding diaryl/α,β-unsaturated/α-hetero) is 1. The van der Waals surface area contributed by atoms with Crippen molar-refractivity contribution in [2.24, 2.45) is 0 Å². The number of rotatable bonds is 6. The lowest BCUT2D eigenvalue weighted by Crippen LogP contribution is -2.09. The van der Waals surface area contributed by atoms with Crippen LogP contribution in [0.1, 0.15) is 34.0 Å². The molecule has 0 aliphatic rings. The van der Waals surface area contributed by atoms with Crippen LogP contribution in [-0.4, -0.2) is 17.9 Å². The Morgan fingerprint density at radius 2 is 1.74 bits per heavy atom. The van der Waals surface area contributed by atoms with E-state index in [-0.39, 0.29) is 11.7 Å². The van der Waals surface area contributed by atoms with Gasteiger partial charge in [-0.15, -0.1) is 0 Å². The molecule has 0 aliphatic heterocycles. The summed E-state index contributed by atoms with van der Waals surface area (Å²) in [6.07, 6.45) is 2.32. The van der Waals surface area contributed by atoms with Crippen LogP contribution in [0.15, 0.2) is 72.9 Å². The Morgan fingerprint density at radius 1 is 1.00 bits per heavy atom. The summed E-state index contributed by atoms with van der Waals surface area (Å²) in [5.41, 5.74) is 2.88. The molecule has 0 aliphatic carbocycles. The van der Waals surface area contributed by atoms with E-state index in [4.69, 9.17) is 4.74 Å². The van der Waals surface area contributed by atoms with Crippen molar-refractivity contribution in [3.63, 3.8) is 0 Å². The van der Waals surface area contributed by atoms with E-state index in [0.29, 0.717) is 6.42 Å². The van der Waals surface area contributed by atoms with E-state index in [2.05, 4.69) is 4.98 Å². The van der Waals surface area contributed by atoms with Crippen LogP contribution in [0.3, 0.4) is 0 Å². The Balaban J connectivity index is 1.88. The van der Waals surface area contributed by atoms with Gasteiger partial charge < -0.3 is 9.72 Å². The fraction of sp³-hybridized carbons (Fsp3) is 0.150. The Hall–Kier alpha value is -2.81. The minimum Gasteiger partial charge on any atom is -0.497 e. The van der Waals surface area contributed by atoms with Gasteiger partial charge >= 0.3 is 0 Å². The van der Waals surface area contributed by atoms with Gasteiger partial charge in [0.05, 0.1) is 7.11 Å². The van der Waals surface area contributed by atoms with Crippen molar-refractivity contribution >= 4 is 5.78 Å². The topological polar surface area (TPSA) is 42.1 Å². The summed E-state index contributed by atoms with van der Waals surface area (Å²) in [4.78, 5) is 15.8. The van der Waals surface area contributed by atoms with Gasteiger partial charge in [0.25, 0.3) is 0 Å². The molecule has 0 amide bonds. The van der Waals surface area contributed by atoms with Crippen LogP contribution in [0.25, 0.3) is 0 Å². The van der Waals surface area contributed by atoms with Crippen LogP contribution < -0.4 is 4.74 Å². The molecule has 3 nitrogen and oxygen atoms in total. The van der Waals surface area contributed by atoms with Gasteiger partial charge in [0, 0.05) is 29.8 Å². The Bertz CT molecular complexity index is 746. The van der Waals surface area contributed by atoms with Crippen molar-refractivity contribution in [2.75, 3.05) is 7.11 Å². The SMILES string of the molecule is COc1ccc(C(CC(=O)c2ccccc2)c2ccc[nH]2)cc1. The molecule has 3 rings (SSSR count).